The van der Waals surface area contributed by atoms with E-state index in [1.54, 1.807) is 36.0 Å². The van der Waals surface area contributed by atoms with E-state index in [1.165, 1.54) is 6.33 Å². The molecule has 1 heterocycles. The summed E-state index contributed by atoms with van der Waals surface area (Å²) in [6, 6.07) is 6.71. The minimum Gasteiger partial charge on any atom is -0.378 e. The van der Waals surface area contributed by atoms with E-state index in [2.05, 4.69) is 15.4 Å². The third-order valence-electron chi connectivity index (χ3n) is 2.90. The molecule has 20 heavy (non-hydrogen) atoms. The molecule has 0 aliphatic carbocycles. The molecule has 0 saturated heterocycles. The van der Waals surface area contributed by atoms with Gasteiger partial charge in [-0.05, 0) is 6.07 Å². The van der Waals surface area contributed by atoms with E-state index in [1.807, 2.05) is 0 Å². The molecule has 6 nitrogen and oxygen atoms in total. The maximum absolute atomic E-state index is 11.8. The Morgan fingerprint density at radius 3 is 2.90 bits per heavy atom. The van der Waals surface area contributed by atoms with Crippen LogP contribution in [0.5, 0.6) is 0 Å². The molecule has 2 aromatic rings. The summed E-state index contributed by atoms with van der Waals surface area (Å²) in [6.45, 7) is 0.368. The molecule has 2 rings (SSSR count). The van der Waals surface area contributed by atoms with Gasteiger partial charge in [-0.2, -0.15) is 5.10 Å². The van der Waals surface area contributed by atoms with Crippen molar-refractivity contribution in [3.05, 3.63) is 47.0 Å². The van der Waals surface area contributed by atoms with Crippen LogP contribution in [0.15, 0.2) is 30.6 Å². The van der Waals surface area contributed by atoms with E-state index in [-0.39, 0.29) is 0 Å². The van der Waals surface area contributed by atoms with Gasteiger partial charge in [-0.15, -0.1) is 0 Å². The van der Waals surface area contributed by atoms with E-state index >= 15 is 0 Å². The molecule has 2 N–H and O–H groups in total. The monoisotopic (exact) mass is 294 g/mol. The zero-order valence-corrected chi connectivity index (χ0v) is 11.7. The number of aliphatic hydroxyl groups is 1. The van der Waals surface area contributed by atoms with Crippen molar-refractivity contribution in [2.45, 2.75) is 12.5 Å². The normalized spacial score (nSPS) is 12.2. The van der Waals surface area contributed by atoms with Gasteiger partial charge in [0.1, 0.15) is 12.2 Å². The fourth-order valence-electron chi connectivity index (χ4n) is 1.78. The van der Waals surface area contributed by atoms with Crippen LogP contribution >= 0.6 is 11.6 Å². The molecule has 1 atom stereocenters. The molecule has 1 aromatic heterocycles. The predicted octanol–water partition coefficient (Wildman–Crippen LogP) is 0.861. The Balaban J connectivity index is 1.89. The molecule has 0 saturated carbocycles. The van der Waals surface area contributed by atoms with Crippen LogP contribution in [0.25, 0.3) is 0 Å². The highest BCUT2D eigenvalue weighted by Crippen LogP contribution is 2.22. The SMILES string of the molecule is Cn1ncnc1CCNC(=O)[C@H](O)c1ccccc1Cl. The van der Waals surface area contributed by atoms with Crippen molar-refractivity contribution in [1.29, 1.82) is 0 Å². The number of carbonyl (C=O) groups is 1. The van der Waals surface area contributed by atoms with Crippen molar-refractivity contribution >= 4 is 17.5 Å². The van der Waals surface area contributed by atoms with E-state index in [0.717, 1.165) is 5.82 Å². The van der Waals surface area contributed by atoms with E-state index in [4.69, 9.17) is 11.6 Å². The van der Waals surface area contributed by atoms with Crippen molar-refractivity contribution in [2.75, 3.05) is 6.54 Å². The smallest absolute Gasteiger partial charge is 0.253 e. The summed E-state index contributed by atoms with van der Waals surface area (Å²) in [5.41, 5.74) is 0.394. The molecule has 0 spiro atoms. The molecule has 1 aromatic carbocycles. The second-order valence-corrected chi connectivity index (χ2v) is 4.67. The summed E-state index contributed by atoms with van der Waals surface area (Å²) >= 11 is 5.94. The number of nitrogens with one attached hydrogen (secondary N) is 1. The lowest BCUT2D eigenvalue weighted by atomic mass is 10.1. The third-order valence-corrected chi connectivity index (χ3v) is 3.25. The van der Waals surface area contributed by atoms with Crippen LogP contribution in [0, 0.1) is 0 Å². The van der Waals surface area contributed by atoms with Crippen LogP contribution in [0.3, 0.4) is 0 Å². The Morgan fingerprint density at radius 1 is 1.50 bits per heavy atom. The van der Waals surface area contributed by atoms with Gasteiger partial charge in [0, 0.05) is 30.6 Å². The topological polar surface area (TPSA) is 80.0 Å². The average Bonchev–Trinajstić information content (AvgIpc) is 2.84. The molecule has 7 heteroatoms. The van der Waals surface area contributed by atoms with Crippen molar-refractivity contribution in [1.82, 2.24) is 20.1 Å². The number of nitrogens with zero attached hydrogens (tertiary/aromatic N) is 3. The lowest BCUT2D eigenvalue weighted by molar-refractivity contribution is -0.129. The van der Waals surface area contributed by atoms with Crippen LogP contribution < -0.4 is 5.32 Å². The predicted molar refractivity (Wildman–Crippen MR) is 74.1 cm³/mol. The van der Waals surface area contributed by atoms with Gasteiger partial charge in [0.25, 0.3) is 5.91 Å². The van der Waals surface area contributed by atoms with Gasteiger partial charge in [-0.25, -0.2) is 4.98 Å². The first-order valence-electron chi connectivity index (χ1n) is 6.12. The van der Waals surface area contributed by atoms with Crippen LogP contribution in [-0.4, -0.2) is 32.3 Å². The molecule has 0 radical (unpaired) electrons. The molecule has 0 unspecified atom stereocenters. The molecule has 0 bridgehead atoms. The van der Waals surface area contributed by atoms with E-state index in [9.17, 15) is 9.90 Å². The number of rotatable bonds is 5. The van der Waals surface area contributed by atoms with Gasteiger partial charge in [0.2, 0.25) is 0 Å². The molecular weight excluding hydrogens is 280 g/mol. The molecule has 0 aliphatic heterocycles. The number of hydrogen-bond donors (Lipinski definition) is 2. The summed E-state index contributed by atoms with van der Waals surface area (Å²) in [5, 5.41) is 16.9. The maximum atomic E-state index is 11.8. The standard InChI is InChI=1S/C13H15ClN4O2/c1-18-11(16-8-17-18)6-7-15-13(20)12(19)9-4-2-3-5-10(9)14/h2-5,8,12,19H,6-7H2,1H3,(H,15,20)/t12-/m1/s1. The van der Waals surface area contributed by atoms with E-state index in [0.29, 0.717) is 23.6 Å². The molecule has 1 amide bonds. The fourth-order valence-corrected chi connectivity index (χ4v) is 2.02. The molecule has 106 valence electrons. The van der Waals surface area contributed by atoms with Crippen molar-refractivity contribution in [2.24, 2.45) is 7.05 Å². The van der Waals surface area contributed by atoms with Gasteiger partial charge in [0.05, 0.1) is 0 Å². The number of aromatic nitrogens is 3. The van der Waals surface area contributed by atoms with Crippen molar-refractivity contribution in [3.8, 4) is 0 Å². The Labute approximate surface area is 121 Å². The first-order chi connectivity index (χ1) is 9.59. The summed E-state index contributed by atoms with van der Waals surface area (Å²) in [5.74, 6) is 0.276. The highest BCUT2D eigenvalue weighted by molar-refractivity contribution is 6.31. The summed E-state index contributed by atoms with van der Waals surface area (Å²) < 4.78 is 1.64. The number of amides is 1. The molecular formula is C13H15ClN4O2. The highest BCUT2D eigenvalue weighted by atomic mass is 35.5. The average molecular weight is 295 g/mol. The molecule has 0 fully saturated rings. The fraction of sp³-hybridized carbons (Fsp3) is 0.308. The highest BCUT2D eigenvalue weighted by Gasteiger charge is 2.19. The second kappa shape index (κ2) is 6.49. The minimum absolute atomic E-state index is 0.364. The Hall–Kier alpha value is -1.92. The Kier molecular flexibility index (Phi) is 4.70. The molecule has 0 aliphatic rings. The van der Waals surface area contributed by atoms with Gasteiger partial charge < -0.3 is 10.4 Å². The zero-order valence-electron chi connectivity index (χ0n) is 11.0. The van der Waals surface area contributed by atoms with Gasteiger partial charge in [-0.1, -0.05) is 29.8 Å². The summed E-state index contributed by atoms with van der Waals surface area (Å²) in [4.78, 5) is 15.9. The van der Waals surface area contributed by atoms with Crippen LogP contribution in [0.4, 0.5) is 0 Å². The number of carbonyl (C=O) groups excluding carboxylic acids is 1. The van der Waals surface area contributed by atoms with Crippen molar-refractivity contribution < 1.29 is 9.90 Å². The first-order valence-corrected chi connectivity index (χ1v) is 6.50. The number of aryl methyl sites for hydroxylation is 1. The summed E-state index contributed by atoms with van der Waals surface area (Å²) in [6.07, 6.45) is 0.718. The number of hydrogen-bond acceptors (Lipinski definition) is 4. The number of benzene rings is 1. The number of halogens is 1. The Morgan fingerprint density at radius 2 is 2.25 bits per heavy atom. The van der Waals surface area contributed by atoms with Crippen molar-refractivity contribution in [3.63, 3.8) is 0 Å². The lowest BCUT2D eigenvalue weighted by Crippen LogP contribution is -2.31. The second-order valence-electron chi connectivity index (χ2n) is 4.26. The lowest BCUT2D eigenvalue weighted by Gasteiger charge is -2.12. The van der Waals surface area contributed by atoms with Crippen LogP contribution in [-0.2, 0) is 18.3 Å². The quantitative estimate of drug-likeness (QED) is 0.857. The first kappa shape index (κ1) is 14.5. The van der Waals surface area contributed by atoms with Crippen LogP contribution in [0.1, 0.15) is 17.5 Å². The van der Waals surface area contributed by atoms with Gasteiger partial charge in [0.15, 0.2) is 6.10 Å². The van der Waals surface area contributed by atoms with Gasteiger partial charge in [-0.3, -0.25) is 9.48 Å². The number of aliphatic hydroxyl groups excluding tert-OH is 1. The third kappa shape index (κ3) is 3.34. The van der Waals surface area contributed by atoms with Crippen LogP contribution in [0.2, 0.25) is 5.02 Å². The Bertz CT molecular complexity index is 600. The van der Waals surface area contributed by atoms with Gasteiger partial charge >= 0.3 is 0 Å². The minimum atomic E-state index is -1.27. The maximum Gasteiger partial charge on any atom is 0.253 e. The zero-order chi connectivity index (χ0) is 14.5. The summed E-state index contributed by atoms with van der Waals surface area (Å²) in [7, 11) is 1.78. The largest absolute Gasteiger partial charge is 0.378 e. The van der Waals surface area contributed by atoms with E-state index < -0.39 is 12.0 Å².